The summed E-state index contributed by atoms with van der Waals surface area (Å²) < 4.78 is 0. The van der Waals surface area contributed by atoms with Crippen LogP contribution in [0.1, 0.15) is 27.2 Å². The molecule has 0 aliphatic heterocycles. The molecule has 1 atom stereocenters. The Balaban J connectivity index is 2.88. The monoisotopic (exact) mass is 248 g/mol. The summed E-state index contributed by atoms with van der Waals surface area (Å²) in [6, 6.07) is 9.82. The van der Waals surface area contributed by atoms with Crippen molar-refractivity contribution in [2.45, 2.75) is 27.2 Å². The molecule has 18 heavy (non-hydrogen) atoms. The van der Waals surface area contributed by atoms with Crippen LogP contribution in [0.25, 0.3) is 0 Å². The third-order valence-corrected chi connectivity index (χ3v) is 3.31. The van der Waals surface area contributed by atoms with Crippen LogP contribution in [0.5, 0.6) is 0 Å². The fourth-order valence-electron chi connectivity index (χ4n) is 1.75. The summed E-state index contributed by atoms with van der Waals surface area (Å²) in [6.45, 7) is 7.44. The second-order valence-corrected chi connectivity index (χ2v) is 5.00. The number of carbonyl (C=O) groups excluding carboxylic acids is 1. The largest absolute Gasteiger partial charge is 0.330 e. The van der Waals surface area contributed by atoms with Gasteiger partial charge in [-0.05, 0) is 31.0 Å². The van der Waals surface area contributed by atoms with E-state index in [9.17, 15) is 4.79 Å². The first-order valence-corrected chi connectivity index (χ1v) is 6.64. The van der Waals surface area contributed by atoms with Crippen molar-refractivity contribution < 1.29 is 4.79 Å². The van der Waals surface area contributed by atoms with Gasteiger partial charge in [-0.25, -0.2) is 0 Å². The number of hydrogen-bond donors (Lipinski definition) is 1. The van der Waals surface area contributed by atoms with Crippen molar-refractivity contribution in [2.24, 2.45) is 17.6 Å². The van der Waals surface area contributed by atoms with E-state index in [1.807, 2.05) is 42.2 Å². The summed E-state index contributed by atoms with van der Waals surface area (Å²) in [6.07, 6.45) is 0.825. The van der Waals surface area contributed by atoms with Crippen LogP contribution in [0, 0.1) is 11.8 Å². The number of benzene rings is 1. The Morgan fingerprint density at radius 3 is 2.33 bits per heavy atom. The highest BCUT2D eigenvalue weighted by atomic mass is 16.2. The maximum Gasteiger partial charge on any atom is 0.230 e. The molecule has 0 saturated heterocycles. The van der Waals surface area contributed by atoms with E-state index in [-0.39, 0.29) is 11.8 Å². The zero-order chi connectivity index (χ0) is 13.5. The standard InChI is InChI=1S/C15H24N2O/c1-12(2)13(3)15(18)17(11-7-10-16)14-8-5-4-6-9-14/h4-6,8-9,12-13H,7,10-11,16H2,1-3H3. The van der Waals surface area contributed by atoms with Gasteiger partial charge >= 0.3 is 0 Å². The van der Waals surface area contributed by atoms with E-state index in [2.05, 4.69) is 13.8 Å². The highest BCUT2D eigenvalue weighted by Gasteiger charge is 2.23. The van der Waals surface area contributed by atoms with Gasteiger partial charge in [-0.1, -0.05) is 39.0 Å². The summed E-state index contributed by atoms with van der Waals surface area (Å²) in [5, 5.41) is 0. The van der Waals surface area contributed by atoms with Gasteiger partial charge in [-0.2, -0.15) is 0 Å². The maximum absolute atomic E-state index is 12.5. The van der Waals surface area contributed by atoms with Gasteiger partial charge in [-0.3, -0.25) is 4.79 Å². The molecule has 0 fully saturated rings. The number of nitrogens with two attached hydrogens (primary N) is 1. The van der Waals surface area contributed by atoms with Gasteiger partial charge in [0.05, 0.1) is 0 Å². The summed E-state index contributed by atoms with van der Waals surface area (Å²) in [4.78, 5) is 14.3. The van der Waals surface area contributed by atoms with Gasteiger partial charge in [-0.15, -0.1) is 0 Å². The highest BCUT2D eigenvalue weighted by Crippen LogP contribution is 2.20. The number of carbonyl (C=O) groups is 1. The second kappa shape index (κ2) is 7.17. The van der Waals surface area contributed by atoms with Gasteiger partial charge in [0.2, 0.25) is 5.91 Å². The van der Waals surface area contributed by atoms with Crippen molar-refractivity contribution in [2.75, 3.05) is 18.0 Å². The summed E-state index contributed by atoms with van der Waals surface area (Å²) >= 11 is 0. The predicted molar refractivity (Wildman–Crippen MR) is 76.5 cm³/mol. The van der Waals surface area contributed by atoms with Gasteiger partial charge in [0.1, 0.15) is 0 Å². The minimum absolute atomic E-state index is 0.0305. The third-order valence-electron chi connectivity index (χ3n) is 3.31. The maximum atomic E-state index is 12.5. The molecule has 0 spiro atoms. The Morgan fingerprint density at radius 2 is 1.83 bits per heavy atom. The molecule has 0 aromatic heterocycles. The van der Waals surface area contributed by atoms with E-state index < -0.39 is 0 Å². The minimum Gasteiger partial charge on any atom is -0.330 e. The number of rotatable bonds is 6. The summed E-state index contributed by atoms with van der Waals surface area (Å²) in [7, 11) is 0. The molecule has 1 unspecified atom stereocenters. The van der Waals surface area contributed by atoms with E-state index in [0.29, 0.717) is 19.0 Å². The van der Waals surface area contributed by atoms with E-state index in [4.69, 9.17) is 5.73 Å². The Hall–Kier alpha value is -1.35. The Kier molecular flexibility index (Phi) is 5.86. The molecular weight excluding hydrogens is 224 g/mol. The topological polar surface area (TPSA) is 46.3 Å². The van der Waals surface area contributed by atoms with Crippen molar-refractivity contribution in [3.63, 3.8) is 0 Å². The SMILES string of the molecule is CC(C)C(C)C(=O)N(CCCN)c1ccccc1. The Labute approximate surface area is 110 Å². The molecule has 3 nitrogen and oxygen atoms in total. The minimum atomic E-state index is 0.0305. The zero-order valence-electron chi connectivity index (χ0n) is 11.6. The van der Waals surface area contributed by atoms with E-state index >= 15 is 0 Å². The lowest BCUT2D eigenvalue weighted by Crippen LogP contribution is -2.38. The molecule has 1 amide bonds. The van der Waals surface area contributed by atoms with Crippen LogP contribution in [0.4, 0.5) is 5.69 Å². The number of nitrogens with zero attached hydrogens (tertiary/aromatic N) is 1. The molecule has 0 heterocycles. The zero-order valence-corrected chi connectivity index (χ0v) is 11.6. The number of anilines is 1. The van der Waals surface area contributed by atoms with Crippen LogP contribution in [0.2, 0.25) is 0 Å². The highest BCUT2D eigenvalue weighted by molar-refractivity contribution is 5.94. The van der Waals surface area contributed by atoms with Gasteiger partial charge in [0.15, 0.2) is 0 Å². The predicted octanol–water partition coefficient (Wildman–Crippen LogP) is 2.66. The van der Waals surface area contributed by atoms with E-state index in [1.165, 1.54) is 0 Å². The molecule has 1 aromatic rings. The van der Waals surface area contributed by atoms with Crippen molar-refractivity contribution in [3.05, 3.63) is 30.3 Å². The molecule has 100 valence electrons. The van der Waals surface area contributed by atoms with Crippen LogP contribution in [0.15, 0.2) is 30.3 Å². The van der Waals surface area contributed by atoms with Crippen LogP contribution >= 0.6 is 0 Å². The average molecular weight is 248 g/mol. The fraction of sp³-hybridized carbons (Fsp3) is 0.533. The molecule has 1 rings (SSSR count). The Bertz CT molecular complexity index is 362. The Morgan fingerprint density at radius 1 is 1.22 bits per heavy atom. The fourth-order valence-corrected chi connectivity index (χ4v) is 1.75. The van der Waals surface area contributed by atoms with Gasteiger partial charge in [0.25, 0.3) is 0 Å². The lowest BCUT2D eigenvalue weighted by atomic mass is 9.96. The number of hydrogen-bond acceptors (Lipinski definition) is 2. The normalized spacial score (nSPS) is 12.5. The third kappa shape index (κ3) is 3.84. The first-order valence-electron chi connectivity index (χ1n) is 6.64. The molecular formula is C15H24N2O. The van der Waals surface area contributed by atoms with Crippen LogP contribution in [0.3, 0.4) is 0 Å². The molecule has 3 heteroatoms. The molecule has 0 bridgehead atoms. The van der Waals surface area contributed by atoms with Crippen molar-refractivity contribution >= 4 is 11.6 Å². The van der Waals surface area contributed by atoms with Crippen LogP contribution < -0.4 is 10.6 Å². The quantitative estimate of drug-likeness (QED) is 0.841. The first kappa shape index (κ1) is 14.7. The number of para-hydroxylation sites is 1. The van der Waals surface area contributed by atoms with Gasteiger partial charge < -0.3 is 10.6 Å². The van der Waals surface area contributed by atoms with Crippen LogP contribution in [-0.2, 0) is 4.79 Å². The van der Waals surface area contributed by atoms with Crippen LogP contribution in [-0.4, -0.2) is 19.0 Å². The molecule has 2 N–H and O–H groups in total. The lowest BCUT2D eigenvalue weighted by molar-refractivity contribution is -0.123. The lowest BCUT2D eigenvalue weighted by Gasteiger charge is -2.27. The summed E-state index contributed by atoms with van der Waals surface area (Å²) in [5.41, 5.74) is 6.51. The van der Waals surface area contributed by atoms with E-state index in [0.717, 1.165) is 12.1 Å². The number of amides is 1. The summed E-state index contributed by atoms with van der Waals surface area (Å²) in [5.74, 6) is 0.564. The molecule has 0 aliphatic carbocycles. The van der Waals surface area contributed by atoms with Gasteiger partial charge in [0, 0.05) is 18.2 Å². The molecule has 1 aromatic carbocycles. The second-order valence-electron chi connectivity index (χ2n) is 5.00. The van der Waals surface area contributed by atoms with Crippen molar-refractivity contribution in [1.29, 1.82) is 0 Å². The first-order chi connectivity index (χ1) is 8.57. The molecule has 0 aliphatic rings. The smallest absolute Gasteiger partial charge is 0.230 e. The van der Waals surface area contributed by atoms with Crippen molar-refractivity contribution in [1.82, 2.24) is 0 Å². The van der Waals surface area contributed by atoms with Crippen molar-refractivity contribution in [3.8, 4) is 0 Å². The van der Waals surface area contributed by atoms with E-state index in [1.54, 1.807) is 0 Å². The molecule has 0 radical (unpaired) electrons. The average Bonchev–Trinajstić information content (AvgIpc) is 2.39. The molecule has 0 saturated carbocycles.